The van der Waals surface area contributed by atoms with Gasteiger partial charge in [0.1, 0.15) is 0 Å². The highest BCUT2D eigenvalue weighted by Gasteiger charge is 2.10. The number of hydrogen-bond donors (Lipinski definition) is 1. The number of primary amides is 1. The zero-order valence-corrected chi connectivity index (χ0v) is 10.3. The van der Waals surface area contributed by atoms with Crippen LogP contribution in [0.2, 0.25) is 0 Å². The Kier molecular flexibility index (Phi) is 4.69. The average Bonchev–Trinajstić information content (AvgIpc) is 2.29. The normalized spacial score (nSPS) is 10.0. The Labute approximate surface area is 101 Å². The predicted octanol–water partition coefficient (Wildman–Crippen LogP) is 1.94. The van der Waals surface area contributed by atoms with Gasteiger partial charge in [0.05, 0.1) is 0 Å². The van der Waals surface area contributed by atoms with Gasteiger partial charge in [-0.25, -0.2) is 0 Å². The van der Waals surface area contributed by atoms with Crippen molar-refractivity contribution in [3.05, 3.63) is 29.8 Å². The molecule has 0 aromatic heterocycles. The quantitative estimate of drug-likeness (QED) is 0.846. The number of carbonyl (C=O) groups is 2. The molecule has 0 aliphatic heterocycles. The Morgan fingerprint density at radius 1 is 1.24 bits per heavy atom. The van der Waals surface area contributed by atoms with Gasteiger partial charge in [-0.1, -0.05) is 13.3 Å². The molecule has 92 valence electrons. The number of carbonyl (C=O) groups excluding carboxylic acids is 2. The molecule has 0 atom stereocenters. The summed E-state index contributed by atoms with van der Waals surface area (Å²) in [6.07, 6.45) is 1.99. The number of rotatable bonds is 5. The smallest absolute Gasteiger partial charge is 0.248 e. The summed E-state index contributed by atoms with van der Waals surface area (Å²) in [5, 5.41) is 0. The standard InChI is InChI=1S/C13H18N2O2/c1-3-4-9-15(10(2)16)12-7-5-11(6-8-12)13(14)17/h5-8H,3-4,9H2,1-2H3,(H2,14,17). The van der Waals surface area contributed by atoms with Crippen LogP contribution in [0.15, 0.2) is 24.3 Å². The van der Waals surface area contributed by atoms with Gasteiger partial charge in [-0.3, -0.25) is 9.59 Å². The number of unbranched alkanes of at least 4 members (excludes halogenated alkanes) is 1. The van der Waals surface area contributed by atoms with Crippen LogP contribution in [0, 0.1) is 0 Å². The highest BCUT2D eigenvalue weighted by atomic mass is 16.2. The summed E-state index contributed by atoms with van der Waals surface area (Å²) in [7, 11) is 0. The Morgan fingerprint density at radius 2 is 1.82 bits per heavy atom. The minimum absolute atomic E-state index is 0.00488. The van der Waals surface area contributed by atoms with Crippen molar-refractivity contribution >= 4 is 17.5 Å². The first kappa shape index (κ1) is 13.2. The number of benzene rings is 1. The van der Waals surface area contributed by atoms with Crippen molar-refractivity contribution in [2.45, 2.75) is 26.7 Å². The molecular formula is C13H18N2O2. The minimum atomic E-state index is -0.459. The summed E-state index contributed by atoms with van der Waals surface area (Å²) in [6, 6.07) is 6.77. The molecular weight excluding hydrogens is 216 g/mol. The first-order valence-electron chi connectivity index (χ1n) is 5.74. The van der Waals surface area contributed by atoms with Gasteiger partial charge in [-0.05, 0) is 30.7 Å². The zero-order chi connectivity index (χ0) is 12.8. The third-order valence-corrected chi connectivity index (χ3v) is 2.58. The lowest BCUT2D eigenvalue weighted by Crippen LogP contribution is -2.29. The van der Waals surface area contributed by atoms with Crippen LogP contribution in [0.3, 0.4) is 0 Å². The molecule has 0 radical (unpaired) electrons. The molecule has 0 bridgehead atoms. The highest BCUT2D eigenvalue weighted by Crippen LogP contribution is 2.16. The van der Waals surface area contributed by atoms with Crippen molar-refractivity contribution in [3.63, 3.8) is 0 Å². The van der Waals surface area contributed by atoms with E-state index >= 15 is 0 Å². The first-order valence-corrected chi connectivity index (χ1v) is 5.74. The van der Waals surface area contributed by atoms with Crippen molar-refractivity contribution in [2.75, 3.05) is 11.4 Å². The maximum absolute atomic E-state index is 11.5. The van der Waals surface area contributed by atoms with Gasteiger partial charge in [0.2, 0.25) is 11.8 Å². The molecule has 17 heavy (non-hydrogen) atoms. The summed E-state index contributed by atoms with van der Waals surface area (Å²) in [5.74, 6) is -0.454. The molecule has 1 rings (SSSR count). The molecule has 0 spiro atoms. The van der Waals surface area contributed by atoms with Gasteiger partial charge < -0.3 is 10.6 Å². The fourth-order valence-corrected chi connectivity index (χ4v) is 1.59. The molecule has 0 heterocycles. The molecule has 1 aromatic rings. The molecule has 0 saturated carbocycles. The second kappa shape index (κ2) is 6.03. The topological polar surface area (TPSA) is 63.4 Å². The van der Waals surface area contributed by atoms with Crippen molar-refractivity contribution in [2.24, 2.45) is 5.73 Å². The molecule has 0 aliphatic carbocycles. The second-order valence-corrected chi connectivity index (χ2v) is 3.94. The maximum atomic E-state index is 11.5. The van der Waals surface area contributed by atoms with Gasteiger partial charge in [0.25, 0.3) is 0 Å². The lowest BCUT2D eigenvalue weighted by molar-refractivity contribution is -0.116. The zero-order valence-electron chi connectivity index (χ0n) is 10.3. The first-order chi connectivity index (χ1) is 8.06. The number of hydrogen-bond acceptors (Lipinski definition) is 2. The van der Waals surface area contributed by atoms with Crippen LogP contribution in [0.5, 0.6) is 0 Å². The van der Waals surface area contributed by atoms with Gasteiger partial charge in [-0.2, -0.15) is 0 Å². The van der Waals surface area contributed by atoms with Crippen LogP contribution in [-0.4, -0.2) is 18.4 Å². The number of amides is 2. The SMILES string of the molecule is CCCCN(C(C)=O)c1ccc(C(N)=O)cc1. The largest absolute Gasteiger partial charge is 0.366 e. The fourth-order valence-electron chi connectivity index (χ4n) is 1.59. The van der Waals surface area contributed by atoms with Gasteiger partial charge in [0.15, 0.2) is 0 Å². The van der Waals surface area contributed by atoms with E-state index < -0.39 is 5.91 Å². The predicted molar refractivity (Wildman–Crippen MR) is 67.9 cm³/mol. The van der Waals surface area contributed by atoms with Crippen molar-refractivity contribution in [1.82, 2.24) is 0 Å². The summed E-state index contributed by atoms with van der Waals surface area (Å²) in [6.45, 7) is 4.31. The minimum Gasteiger partial charge on any atom is -0.366 e. The van der Waals surface area contributed by atoms with E-state index in [1.165, 1.54) is 6.92 Å². The Balaban J connectivity index is 2.87. The lowest BCUT2D eigenvalue weighted by Gasteiger charge is -2.21. The van der Waals surface area contributed by atoms with E-state index in [1.807, 2.05) is 0 Å². The Morgan fingerprint density at radius 3 is 2.24 bits per heavy atom. The molecule has 1 aromatic carbocycles. The molecule has 0 fully saturated rings. The van der Waals surface area contributed by atoms with E-state index in [0.717, 1.165) is 18.5 Å². The van der Waals surface area contributed by atoms with E-state index in [1.54, 1.807) is 29.2 Å². The summed E-state index contributed by atoms with van der Waals surface area (Å²) in [4.78, 5) is 24.1. The van der Waals surface area contributed by atoms with Crippen LogP contribution in [0.1, 0.15) is 37.0 Å². The number of nitrogens with zero attached hydrogens (tertiary/aromatic N) is 1. The van der Waals surface area contributed by atoms with Gasteiger partial charge in [0, 0.05) is 24.7 Å². The van der Waals surface area contributed by atoms with Gasteiger partial charge in [-0.15, -0.1) is 0 Å². The fraction of sp³-hybridized carbons (Fsp3) is 0.385. The highest BCUT2D eigenvalue weighted by molar-refractivity contribution is 5.95. The van der Waals surface area contributed by atoms with Crippen molar-refractivity contribution < 1.29 is 9.59 Å². The molecule has 4 heteroatoms. The third-order valence-electron chi connectivity index (χ3n) is 2.58. The van der Waals surface area contributed by atoms with Crippen LogP contribution in [0.25, 0.3) is 0 Å². The Bertz CT molecular complexity index is 398. The van der Waals surface area contributed by atoms with E-state index in [0.29, 0.717) is 12.1 Å². The summed E-state index contributed by atoms with van der Waals surface area (Å²) < 4.78 is 0. The Hall–Kier alpha value is -1.84. The van der Waals surface area contributed by atoms with Crippen LogP contribution in [-0.2, 0) is 4.79 Å². The van der Waals surface area contributed by atoms with Crippen LogP contribution < -0.4 is 10.6 Å². The molecule has 0 aliphatic rings. The molecule has 0 unspecified atom stereocenters. The van der Waals surface area contributed by atoms with Crippen LogP contribution >= 0.6 is 0 Å². The van der Waals surface area contributed by atoms with E-state index in [9.17, 15) is 9.59 Å². The van der Waals surface area contributed by atoms with Crippen LogP contribution in [0.4, 0.5) is 5.69 Å². The number of anilines is 1. The van der Waals surface area contributed by atoms with Gasteiger partial charge >= 0.3 is 0 Å². The van der Waals surface area contributed by atoms with Crippen molar-refractivity contribution in [1.29, 1.82) is 0 Å². The number of nitrogens with two attached hydrogens (primary N) is 1. The maximum Gasteiger partial charge on any atom is 0.248 e. The molecule has 0 saturated heterocycles. The molecule has 4 nitrogen and oxygen atoms in total. The lowest BCUT2D eigenvalue weighted by atomic mass is 10.2. The summed E-state index contributed by atoms with van der Waals surface area (Å²) >= 11 is 0. The summed E-state index contributed by atoms with van der Waals surface area (Å²) in [5.41, 5.74) is 6.41. The van der Waals surface area contributed by atoms with E-state index in [4.69, 9.17) is 5.73 Å². The molecule has 2 N–H and O–H groups in total. The van der Waals surface area contributed by atoms with E-state index in [2.05, 4.69) is 6.92 Å². The second-order valence-electron chi connectivity index (χ2n) is 3.94. The van der Waals surface area contributed by atoms with Crippen molar-refractivity contribution in [3.8, 4) is 0 Å². The third kappa shape index (κ3) is 3.59. The average molecular weight is 234 g/mol. The monoisotopic (exact) mass is 234 g/mol. The van der Waals surface area contributed by atoms with E-state index in [-0.39, 0.29) is 5.91 Å². The molecule has 2 amide bonds.